The molecule has 4 rings (SSSR count). The molecule has 3 aromatic carbocycles. The maximum absolute atomic E-state index is 10.9. The van der Waals surface area contributed by atoms with Crippen LogP contribution in [0.2, 0.25) is 0 Å². The minimum Gasteiger partial charge on any atom is -0.504 e. The fourth-order valence-electron chi connectivity index (χ4n) is 3.50. The Hall–Kier alpha value is -3.68. The van der Waals surface area contributed by atoms with Crippen molar-refractivity contribution >= 4 is 17.1 Å². The van der Waals surface area contributed by atoms with Crippen LogP contribution in [0, 0.1) is 0 Å². The van der Waals surface area contributed by atoms with E-state index in [4.69, 9.17) is 0 Å². The SMILES string of the molecule is Oc1ccc(C2=C(NCCCc3ccccc3)N(O)c3ccccc3N2O)cc1O. The first kappa shape index (κ1) is 19.6. The lowest BCUT2D eigenvalue weighted by molar-refractivity contribution is 0.255. The van der Waals surface area contributed by atoms with Crippen LogP contribution in [0.1, 0.15) is 17.5 Å². The molecule has 0 aromatic heterocycles. The van der Waals surface area contributed by atoms with Crippen molar-refractivity contribution in [2.45, 2.75) is 12.8 Å². The molecule has 1 heterocycles. The van der Waals surface area contributed by atoms with Gasteiger partial charge in [-0.3, -0.25) is 10.4 Å². The number of phenolic OH excluding ortho intramolecular Hbond substituents is 2. The van der Waals surface area contributed by atoms with Crippen LogP contribution in [0.4, 0.5) is 11.4 Å². The molecule has 0 spiro atoms. The number of anilines is 2. The van der Waals surface area contributed by atoms with Gasteiger partial charge in [-0.05, 0) is 48.7 Å². The number of rotatable bonds is 6. The quantitative estimate of drug-likeness (QED) is 0.312. The van der Waals surface area contributed by atoms with Gasteiger partial charge in [-0.15, -0.1) is 0 Å². The molecule has 0 atom stereocenters. The smallest absolute Gasteiger partial charge is 0.159 e. The van der Waals surface area contributed by atoms with E-state index in [0.717, 1.165) is 23.0 Å². The molecule has 7 nitrogen and oxygen atoms in total. The van der Waals surface area contributed by atoms with Crippen molar-refractivity contribution in [3.05, 3.63) is 89.7 Å². The highest BCUT2D eigenvalue weighted by molar-refractivity contribution is 5.90. The molecule has 0 radical (unpaired) electrons. The minimum absolute atomic E-state index is 0.256. The number of phenols is 2. The lowest BCUT2D eigenvalue weighted by Crippen LogP contribution is -2.39. The molecule has 5 N–H and O–H groups in total. The van der Waals surface area contributed by atoms with Crippen LogP contribution in [0.25, 0.3) is 5.70 Å². The molecule has 3 aromatic rings. The third-order valence-electron chi connectivity index (χ3n) is 5.01. The third-order valence-corrected chi connectivity index (χ3v) is 5.01. The molecule has 1 aliphatic rings. The van der Waals surface area contributed by atoms with Crippen LogP contribution >= 0.6 is 0 Å². The predicted molar refractivity (Wildman–Crippen MR) is 114 cm³/mol. The van der Waals surface area contributed by atoms with E-state index < -0.39 is 0 Å². The summed E-state index contributed by atoms with van der Waals surface area (Å²) in [5.74, 6) is -0.312. The van der Waals surface area contributed by atoms with E-state index in [1.165, 1.54) is 17.7 Å². The molecular weight excluding hydrogens is 382 g/mol. The summed E-state index contributed by atoms with van der Waals surface area (Å²) < 4.78 is 0. The monoisotopic (exact) mass is 405 g/mol. The number of hydrogen-bond acceptors (Lipinski definition) is 7. The summed E-state index contributed by atoms with van der Waals surface area (Å²) >= 11 is 0. The molecule has 0 saturated heterocycles. The number of nitrogens with one attached hydrogen (secondary N) is 1. The first-order valence-corrected chi connectivity index (χ1v) is 9.67. The molecule has 7 heteroatoms. The fraction of sp³-hybridized carbons (Fsp3) is 0.130. The van der Waals surface area contributed by atoms with Crippen LogP contribution in [-0.2, 0) is 6.42 Å². The number of aromatic hydroxyl groups is 2. The van der Waals surface area contributed by atoms with E-state index in [0.29, 0.717) is 23.5 Å². The zero-order chi connectivity index (χ0) is 21.1. The maximum atomic E-state index is 10.9. The van der Waals surface area contributed by atoms with Gasteiger partial charge >= 0.3 is 0 Å². The largest absolute Gasteiger partial charge is 0.504 e. The lowest BCUT2D eigenvalue weighted by Gasteiger charge is -2.35. The predicted octanol–water partition coefficient (Wildman–Crippen LogP) is 4.05. The van der Waals surface area contributed by atoms with E-state index in [1.807, 2.05) is 18.2 Å². The Kier molecular flexibility index (Phi) is 5.47. The van der Waals surface area contributed by atoms with E-state index in [2.05, 4.69) is 17.4 Å². The molecule has 0 aliphatic carbocycles. The number of para-hydroxylation sites is 2. The van der Waals surface area contributed by atoms with Crippen molar-refractivity contribution in [2.24, 2.45) is 0 Å². The van der Waals surface area contributed by atoms with Gasteiger partial charge in [0.15, 0.2) is 17.3 Å². The van der Waals surface area contributed by atoms with Crippen LogP contribution in [0.3, 0.4) is 0 Å². The van der Waals surface area contributed by atoms with Crippen molar-refractivity contribution in [3.8, 4) is 11.5 Å². The highest BCUT2D eigenvalue weighted by Crippen LogP contribution is 2.41. The Bertz CT molecular complexity index is 1070. The Balaban J connectivity index is 1.64. The van der Waals surface area contributed by atoms with Gasteiger partial charge in [0.05, 0.1) is 11.4 Å². The zero-order valence-corrected chi connectivity index (χ0v) is 16.2. The van der Waals surface area contributed by atoms with Crippen LogP contribution in [0.5, 0.6) is 11.5 Å². The van der Waals surface area contributed by atoms with E-state index in [9.17, 15) is 20.6 Å². The van der Waals surface area contributed by atoms with Gasteiger partial charge < -0.3 is 15.5 Å². The Morgan fingerprint density at radius 1 is 0.733 bits per heavy atom. The van der Waals surface area contributed by atoms with Gasteiger partial charge in [0.1, 0.15) is 5.70 Å². The van der Waals surface area contributed by atoms with E-state index >= 15 is 0 Å². The molecule has 0 bridgehead atoms. The molecule has 0 saturated carbocycles. The van der Waals surface area contributed by atoms with Crippen LogP contribution in [-0.4, -0.2) is 27.2 Å². The first-order chi connectivity index (χ1) is 14.6. The van der Waals surface area contributed by atoms with E-state index in [1.54, 1.807) is 30.3 Å². The molecule has 1 aliphatic heterocycles. The summed E-state index contributed by atoms with van der Waals surface area (Å²) in [6.07, 6.45) is 1.67. The van der Waals surface area contributed by atoms with Crippen molar-refractivity contribution in [1.82, 2.24) is 5.32 Å². The lowest BCUT2D eigenvalue weighted by atomic mass is 10.1. The summed E-state index contributed by atoms with van der Waals surface area (Å²) in [6.45, 7) is 0.546. The number of fused-ring (bicyclic) bond motifs is 1. The topological polar surface area (TPSA) is 99.4 Å². The van der Waals surface area contributed by atoms with E-state index in [-0.39, 0.29) is 23.0 Å². The second kappa shape index (κ2) is 8.36. The summed E-state index contributed by atoms with van der Waals surface area (Å²) in [4.78, 5) is 0. The van der Waals surface area contributed by atoms with Gasteiger partial charge in [-0.25, -0.2) is 10.1 Å². The zero-order valence-electron chi connectivity index (χ0n) is 16.2. The van der Waals surface area contributed by atoms with Gasteiger partial charge in [0.2, 0.25) is 0 Å². The Morgan fingerprint density at radius 2 is 1.40 bits per heavy atom. The standard InChI is InChI=1S/C23H23N3O4/c27-20-13-12-17(15-21(20)28)22-23(24-14-6-9-16-7-2-1-3-8-16)26(30)19-11-5-4-10-18(19)25(22)29/h1-5,7-8,10-13,15,24,27-30H,6,9,14H2. The molecule has 154 valence electrons. The first-order valence-electron chi connectivity index (χ1n) is 9.67. The van der Waals surface area contributed by atoms with Gasteiger partial charge in [-0.1, -0.05) is 42.5 Å². The number of nitrogens with zero attached hydrogens (tertiary/aromatic N) is 2. The Morgan fingerprint density at radius 3 is 2.10 bits per heavy atom. The van der Waals surface area contributed by atoms with Crippen molar-refractivity contribution < 1.29 is 20.6 Å². The second-order valence-corrected chi connectivity index (χ2v) is 7.03. The fourth-order valence-corrected chi connectivity index (χ4v) is 3.50. The normalized spacial score (nSPS) is 13.4. The average Bonchev–Trinajstić information content (AvgIpc) is 2.77. The summed E-state index contributed by atoms with van der Waals surface area (Å²) in [6, 6.07) is 21.2. The summed E-state index contributed by atoms with van der Waals surface area (Å²) in [5, 5.41) is 46.5. The number of hydroxylamine groups is 2. The molecular formula is C23H23N3O4. The van der Waals surface area contributed by atoms with Crippen molar-refractivity contribution in [3.63, 3.8) is 0 Å². The van der Waals surface area contributed by atoms with Gasteiger partial charge in [0, 0.05) is 12.1 Å². The van der Waals surface area contributed by atoms with Crippen LogP contribution in [0.15, 0.2) is 78.6 Å². The van der Waals surface area contributed by atoms with Gasteiger partial charge in [0.25, 0.3) is 0 Å². The second-order valence-electron chi connectivity index (χ2n) is 7.03. The highest BCUT2D eigenvalue weighted by Gasteiger charge is 2.30. The number of hydrogen-bond donors (Lipinski definition) is 5. The maximum Gasteiger partial charge on any atom is 0.159 e. The molecule has 30 heavy (non-hydrogen) atoms. The number of benzene rings is 3. The van der Waals surface area contributed by atoms with Crippen molar-refractivity contribution in [1.29, 1.82) is 0 Å². The molecule has 0 unspecified atom stereocenters. The van der Waals surface area contributed by atoms with Gasteiger partial charge in [-0.2, -0.15) is 0 Å². The third kappa shape index (κ3) is 3.76. The molecule has 0 fully saturated rings. The average molecular weight is 405 g/mol. The Labute approximate surface area is 174 Å². The van der Waals surface area contributed by atoms with Crippen molar-refractivity contribution in [2.75, 3.05) is 16.7 Å². The minimum atomic E-state index is -0.319. The summed E-state index contributed by atoms with van der Waals surface area (Å²) in [5.41, 5.74) is 2.70. The summed E-state index contributed by atoms with van der Waals surface area (Å²) in [7, 11) is 0. The number of aryl methyl sites for hydroxylation is 1. The van der Waals surface area contributed by atoms with Crippen LogP contribution < -0.4 is 15.4 Å². The highest BCUT2D eigenvalue weighted by atomic mass is 16.5. The molecule has 0 amide bonds.